The Morgan fingerprint density at radius 1 is 0.618 bits per heavy atom. The number of carboxylic acid groups (broad SMARTS) is 2. The van der Waals surface area contributed by atoms with Gasteiger partial charge in [-0.15, -0.1) is 0 Å². The Morgan fingerprint density at radius 2 is 1.12 bits per heavy atom. The molecule has 0 spiro atoms. The van der Waals surface area contributed by atoms with Crippen molar-refractivity contribution < 1.29 is 48.6 Å². The maximum atomic E-state index is 14.7. The van der Waals surface area contributed by atoms with E-state index in [1.54, 1.807) is 33.9 Å². The van der Waals surface area contributed by atoms with Gasteiger partial charge in [-0.05, 0) is 46.9 Å². The number of likely N-dealkylation sites (N-methyl/N-ethyl adjacent to an activating group) is 1. The minimum Gasteiger partial charge on any atom is -0.481 e. The number of nitrogens with zero attached hydrogens (tertiary/aromatic N) is 1. The summed E-state index contributed by atoms with van der Waals surface area (Å²) in [5, 5.41) is 34.2. The molecule has 4 rings (SSSR count). The summed E-state index contributed by atoms with van der Waals surface area (Å²) >= 11 is 0. The number of benzene rings is 3. The van der Waals surface area contributed by atoms with Gasteiger partial charge in [-0.25, -0.2) is 4.79 Å². The molecular weight excluding hydrogens is 871 g/mol. The molecule has 4 aromatic rings. The van der Waals surface area contributed by atoms with E-state index in [9.17, 15) is 48.6 Å². The highest BCUT2D eigenvalue weighted by Crippen LogP contribution is 2.30. The molecule has 0 bridgehead atoms. The van der Waals surface area contributed by atoms with E-state index in [2.05, 4.69) is 31.6 Å². The molecule has 68 heavy (non-hydrogen) atoms. The number of hydrogen-bond acceptors (Lipinski definition) is 8. The Bertz CT molecular complexity index is 2330. The smallest absolute Gasteiger partial charge is 0.326 e. The number of para-hydroxylation sites is 1. The molecule has 1 aromatic heterocycles. The van der Waals surface area contributed by atoms with Gasteiger partial charge in [-0.3, -0.25) is 33.6 Å². The van der Waals surface area contributed by atoms with Crippen LogP contribution in [0.25, 0.3) is 10.9 Å². The van der Waals surface area contributed by atoms with Gasteiger partial charge in [0.05, 0.1) is 6.42 Å². The molecule has 0 saturated carbocycles. The third kappa shape index (κ3) is 14.5. The van der Waals surface area contributed by atoms with Gasteiger partial charge < -0.3 is 46.7 Å². The Balaban J connectivity index is 1.59. The topological polar surface area (TPSA) is 256 Å². The van der Waals surface area contributed by atoms with E-state index in [0.29, 0.717) is 18.4 Å². The molecule has 6 amide bonds. The fourth-order valence-electron chi connectivity index (χ4n) is 8.20. The van der Waals surface area contributed by atoms with Gasteiger partial charge in [0.25, 0.3) is 0 Å². The van der Waals surface area contributed by atoms with Crippen LogP contribution in [0.5, 0.6) is 0 Å². The standard InChI is InChI=1S/C51H67N7O10/c1-9-30(5)43(48(64)55-39(51(67)68)26-35-28-52-37-24-18-17-23-36(35)37)57-49(65)44(31(6)10-2)56-46(62)38(27-41(60)61)54-47(63)40(25-29(3)4)58(8)50(66)45(53-32(7)59)42(33-19-13-11-14-20-33)34-21-15-12-16-22-34/h11-24,28-31,38-40,42-45,52H,9-10,25-27H2,1-8H3,(H,53,59)(H,54,63)(H,55,64)(H,56,62)(H,57,65)(H,60,61)(H,67,68)/t30-,31-,38-,39-,40-,43-,44-,45+/m0/s1. The lowest BCUT2D eigenvalue weighted by atomic mass is 9.84. The largest absolute Gasteiger partial charge is 0.481 e. The average Bonchev–Trinajstić information content (AvgIpc) is 3.72. The molecule has 0 aliphatic heterocycles. The summed E-state index contributed by atoms with van der Waals surface area (Å²) < 4.78 is 0. The maximum absolute atomic E-state index is 14.7. The van der Waals surface area contributed by atoms with Gasteiger partial charge in [0, 0.05) is 43.4 Å². The number of aliphatic carboxylic acids is 2. The van der Waals surface area contributed by atoms with E-state index in [0.717, 1.165) is 22.0 Å². The fraction of sp³-hybridized carbons (Fsp3) is 0.451. The number of fused-ring (bicyclic) bond motifs is 1. The van der Waals surface area contributed by atoms with E-state index >= 15 is 0 Å². The first-order valence-corrected chi connectivity index (χ1v) is 23.1. The third-order valence-corrected chi connectivity index (χ3v) is 12.4. The Labute approximate surface area is 397 Å². The fourth-order valence-corrected chi connectivity index (χ4v) is 8.20. The Kier molecular flexibility index (Phi) is 19.8. The minimum atomic E-state index is -1.72. The molecule has 0 unspecified atom stereocenters. The number of H-pyrrole nitrogens is 1. The zero-order valence-corrected chi connectivity index (χ0v) is 40.1. The van der Waals surface area contributed by atoms with Crippen molar-refractivity contribution >= 4 is 58.3 Å². The predicted molar refractivity (Wildman–Crippen MR) is 257 cm³/mol. The van der Waals surface area contributed by atoms with Gasteiger partial charge in [-0.2, -0.15) is 0 Å². The van der Waals surface area contributed by atoms with E-state index in [1.807, 2.05) is 98.8 Å². The number of amides is 6. The summed E-state index contributed by atoms with van der Waals surface area (Å²) in [6, 6.07) is 17.5. The van der Waals surface area contributed by atoms with Crippen molar-refractivity contribution in [2.24, 2.45) is 17.8 Å². The van der Waals surface area contributed by atoms with E-state index in [-0.39, 0.29) is 18.8 Å². The van der Waals surface area contributed by atoms with Crippen LogP contribution < -0.4 is 26.6 Å². The lowest BCUT2D eigenvalue weighted by molar-refractivity contribution is -0.145. The molecule has 0 aliphatic carbocycles. The van der Waals surface area contributed by atoms with Crippen LogP contribution in [-0.2, 0) is 44.8 Å². The van der Waals surface area contributed by atoms with Crippen LogP contribution in [0.4, 0.5) is 0 Å². The summed E-state index contributed by atoms with van der Waals surface area (Å²) in [6.45, 7) is 11.9. The SMILES string of the molecule is CC[C@H](C)[C@H](NC(=O)[C@H](CC(=O)O)NC(=O)[C@H](CC(C)C)N(C)C(=O)[C@H](NC(C)=O)C(c1ccccc1)c1ccccc1)C(=O)N[C@H](C(=O)N[C@@H](Cc1c[nH]c2ccccc12)C(=O)O)[C@@H](C)CC. The van der Waals surface area contributed by atoms with Crippen LogP contribution >= 0.6 is 0 Å². The molecule has 1 heterocycles. The summed E-state index contributed by atoms with van der Waals surface area (Å²) in [7, 11) is 1.41. The average molecular weight is 938 g/mol. The van der Waals surface area contributed by atoms with Crippen molar-refractivity contribution in [3.63, 3.8) is 0 Å². The van der Waals surface area contributed by atoms with Gasteiger partial charge in [0.1, 0.15) is 36.3 Å². The number of aromatic amines is 1. The number of aromatic nitrogens is 1. The van der Waals surface area contributed by atoms with Crippen molar-refractivity contribution in [3.05, 3.63) is 108 Å². The summed E-state index contributed by atoms with van der Waals surface area (Å²) in [4.78, 5) is 113. The molecule has 366 valence electrons. The predicted octanol–water partition coefficient (Wildman–Crippen LogP) is 4.51. The van der Waals surface area contributed by atoms with Gasteiger partial charge in [0.15, 0.2) is 0 Å². The van der Waals surface area contributed by atoms with E-state index < -0.39 is 108 Å². The minimum absolute atomic E-state index is 0.0474. The van der Waals surface area contributed by atoms with E-state index in [1.165, 1.54) is 18.9 Å². The Morgan fingerprint density at radius 3 is 1.62 bits per heavy atom. The number of carbonyl (C=O) groups excluding carboxylic acids is 6. The van der Waals surface area contributed by atoms with Crippen molar-refractivity contribution in [1.82, 2.24) is 36.5 Å². The number of hydrogen-bond donors (Lipinski definition) is 8. The van der Waals surface area contributed by atoms with Crippen molar-refractivity contribution in [1.29, 1.82) is 0 Å². The summed E-state index contributed by atoms with van der Waals surface area (Å²) in [5.74, 6) is -9.11. The van der Waals surface area contributed by atoms with Crippen molar-refractivity contribution in [3.8, 4) is 0 Å². The molecule has 0 radical (unpaired) electrons. The van der Waals surface area contributed by atoms with Crippen LogP contribution in [0.3, 0.4) is 0 Å². The summed E-state index contributed by atoms with van der Waals surface area (Å²) in [5.41, 5.74) is 2.92. The lowest BCUT2D eigenvalue weighted by Gasteiger charge is -2.35. The number of nitrogens with one attached hydrogen (secondary N) is 6. The zero-order chi connectivity index (χ0) is 50.2. The second-order valence-corrected chi connectivity index (χ2v) is 17.9. The zero-order valence-electron chi connectivity index (χ0n) is 40.1. The molecular formula is C51H67N7O10. The first-order valence-electron chi connectivity index (χ1n) is 23.1. The lowest BCUT2D eigenvalue weighted by Crippen LogP contribution is -2.62. The van der Waals surface area contributed by atoms with Gasteiger partial charge >= 0.3 is 11.9 Å². The second kappa shape index (κ2) is 25.2. The van der Waals surface area contributed by atoms with Crippen LogP contribution in [0.1, 0.15) is 96.8 Å². The van der Waals surface area contributed by atoms with Crippen LogP contribution in [0.15, 0.2) is 91.1 Å². The first-order chi connectivity index (χ1) is 32.3. The van der Waals surface area contributed by atoms with E-state index in [4.69, 9.17) is 0 Å². The van der Waals surface area contributed by atoms with Crippen molar-refractivity contribution in [2.75, 3.05) is 7.05 Å². The molecule has 0 fully saturated rings. The molecule has 8 atom stereocenters. The first kappa shape index (κ1) is 53.6. The molecule has 17 nitrogen and oxygen atoms in total. The van der Waals surface area contributed by atoms with Crippen LogP contribution in [-0.4, -0.2) is 111 Å². The molecule has 8 N–H and O–H groups in total. The Hall–Kier alpha value is -7.04. The highest BCUT2D eigenvalue weighted by atomic mass is 16.4. The van der Waals surface area contributed by atoms with Crippen molar-refractivity contribution in [2.45, 2.75) is 123 Å². The second-order valence-electron chi connectivity index (χ2n) is 17.9. The molecule has 0 aliphatic rings. The molecule has 17 heteroatoms. The number of rotatable bonds is 25. The van der Waals surface area contributed by atoms with Crippen LogP contribution in [0, 0.1) is 17.8 Å². The normalized spacial score (nSPS) is 14.9. The quantitative estimate of drug-likeness (QED) is 0.0461. The van der Waals surface area contributed by atoms with Crippen LogP contribution in [0.2, 0.25) is 0 Å². The monoisotopic (exact) mass is 937 g/mol. The number of carbonyl (C=O) groups is 8. The highest BCUT2D eigenvalue weighted by molar-refractivity contribution is 5.98. The van der Waals surface area contributed by atoms with Gasteiger partial charge in [0.2, 0.25) is 35.4 Å². The van der Waals surface area contributed by atoms with Gasteiger partial charge in [-0.1, -0.05) is 133 Å². The third-order valence-electron chi connectivity index (χ3n) is 12.4. The number of carboxylic acids is 2. The summed E-state index contributed by atoms with van der Waals surface area (Å²) in [6.07, 6.45) is 1.60. The molecule has 0 saturated heterocycles. The molecule has 3 aromatic carbocycles. The highest BCUT2D eigenvalue weighted by Gasteiger charge is 2.40. The maximum Gasteiger partial charge on any atom is 0.326 e.